The number of hydrogen-bond donors (Lipinski definition) is 0. The van der Waals surface area contributed by atoms with Gasteiger partial charge >= 0.3 is 0 Å². The first kappa shape index (κ1) is 12.8. The minimum absolute atomic E-state index is 0.261. The number of benzene rings is 2. The quantitative estimate of drug-likeness (QED) is 0.799. The maximum Gasteiger partial charge on any atom is 0.150 e. The van der Waals surface area contributed by atoms with Crippen LogP contribution in [0.1, 0.15) is 15.9 Å². The molecule has 0 aliphatic heterocycles. The van der Waals surface area contributed by atoms with Gasteiger partial charge in [0.15, 0.2) is 0 Å². The predicted molar refractivity (Wildman–Crippen MR) is 70.3 cm³/mol. The van der Waals surface area contributed by atoms with Gasteiger partial charge in [0.1, 0.15) is 24.5 Å². The van der Waals surface area contributed by atoms with Crippen molar-refractivity contribution >= 4 is 22.2 Å². The number of rotatable bonds is 4. The molecule has 0 saturated heterocycles. The third-order valence-corrected chi connectivity index (χ3v) is 3.16. The molecule has 0 aliphatic rings. The Kier molecular flexibility index (Phi) is 4.10. The van der Waals surface area contributed by atoms with E-state index in [1.807, 2.05) is 24.3 Å². The molecule has 0 atom stereocenters. The normalized spacial score (nSPS) is 10.1. The van der Waals surface area contributed by atoms with Crippen molar-refractivity contribution < 1.29 is 13.9 Å². The Labute approximate surface area is 113 Å². The zero-order chi connectivity index (χ0) is 13.0. The van der Waals surface area contributed by atoms with Crippen molar-refractivity contribution in [1.82, 2.24) is 0 Å². The first-order valence-electron chi connectivity index (χ1n) is 5.31. The van der Waals surface area contributed by atoms with Gasteiger partial charge in [-0.05, 0) is 18.2 Å². The molecule has 2 aromatic rings. The summed E-state index contributed by atoms with van der Waals surface area (Å²) >= 11 is 3.40. The second-order valence-electron chi connectivity index (χ2n) is 3.72. The van der Waals surface area contributed by atoms with Gasteiger partial charge in [0.05, 0.1) is 0 Å². The molecule has 2 nitrogen and oxygen atoms in total. The molecule has 0 fully saturated rings. The Morgan fingerprint density at radius 3 is 2.72 bits per heavy atom. The van der Waals surface area contributed by atoms with Crippen molar-refractivity contribution in [2.45, 2.75) is 6.61 Å². The van der Waals surface area contributed by atoms with Crippen molar-refractivity contribution in [3.63, 3.8) is 0 Å². The SMILES string of the molecule is O=Cc1cc(F)cc(OCc2ccccc2Br)c1. The first-order valence-corrected chi connectivity index (χ1v) is 6.10. The van der Waals surface area contributed by atoms with E-state index in [-0.39, 0.29) is 5.56 Å². The lowest BCUT2D eigenvalue weighted by Gasteiger charge is -2.08. The first-order chi connectivity index (χ1) is 8.69. The summed E-state index contributed by atoms with van der Waals surface area (Å²) in [5.74, 6) is -0.144. The van der Waals surface area contributed by atoms with Gasteiger partial charge in [-0.2, -0.15) is 0 Å². The zero-order valence-corrected chi connectivity index (χ0v) is 11.0. The van der Waals surface area contributed by atoms with Crippen LogP contribution in [0, 0.1) is 5.82 Å². The summed E-state index contributed by atoms with van der Waals surface area (Å²) in [4.78, 5) is 10.6. The lowest BCUT2D eigenvalue weighted by atomic mass is 10.2. The molecular formula is C14H10BrFO2. The van der Waals surface area contributed by atoms with Crippen LogP contribution in [0.25, 0.3) is 0 Å². The highest BCUT2D eigenvalue weighted by atomic mass is 79.9. The Balaban J connectivity index is 2.13. The van der Waals surface area contributed by atoms with E-state index in [2.05, 4.69) is 15.9 Å². The number of halogens is 2. The van der Waals surface area contributed by atoms with E-state index in [1.54, 1.807) is 0 Å². The molecule has 0 spiro atoms. The molecule has 0 aliphatic carbocycles. The van der Waals surface area contributed by atoms with Crippen LogP contribution in [0.15, 0.2) is 46.9 Å². The zero-order valence-electron chi connectivity index (χ0n) is 9.40. The fraction of sp³-hybridized carbons (Fsp3) is 0.0714. The highest BCUT2D eigenvalue weighted by Gasteiger charge is 2.03. The average molecular weight is 309 g/mol. The molecule has 0 saturated carbocycles. The fourth-order valence-electron chi connectivity index (χ4n) is 1.51. The van der Waals surface area contributed by atoms with Gasteiger partial charge in [0.2, 0.25) is 0 Å². The number of carbonyl (C=O) groups is 1. The molecule has 0 amide bonds. The Hall–Kier alpha value is -1.68. The van der Waals surface area contributed by atoms with E-state index in [4.69, 9.17) is 4.74 Å². The second kappa shape index (κ2) is 5.78. The second-order valence-corrected chi connectivity index (χ2v) is 4.57. The molecule has 0 radical (unpaired) electrons. The minimum atomic E-state index is -0.485. The highest BCUT2D eigenvalue weighted by molar-refractivity contribution is 9.10. The molecule has 18 heavy (non-hydrogen) atoms. The molecule has 0 heterocycles. The maximum atomic E-state index is 13.2. The van der Waals surface area contributed by atoms with Gasteiger partial charge in [-0.25, -0.2) is 4.39 Å². The van der Waals surface area contributed by atoms with Crippen molar-refractivity contribution in [1.29, 1.82) is 0 Å². The van der Waals surface area contributed by atoms with E-state index in [9.17, 15) is 9.18 Å². The van der Waals surface area contributed by atoms with Crippen molar-refractivity contribution in [3.8, 4) is 5.75 Å². The number of hydrogen-bond acceptors (Lipinski definition) is 2. The number of ether oxygens (including phenoxy) is 1. The molecule has 0 aromatic heterocycles. The maximum absolute atomic E-state index is 13.2. The standard InChI is InChI=1S/C14H10BrFO2/c15-14-4-2-1-3-11(14)9-18-13-6-10(8-17)5-12(16)7-13/h1-8H,9H2. The van der Waals surface area contributed by atoms with Gasteiger partial charge < -0.3 is 4.74 Å². The van der Waals surface area contributed by atoms with Crippen LogP contribution in [0.2, 0.25) is 0 Å². The third-order valence-electron chi connectivity index (χ3n) is 2.38. The van der Waals surface area contributed by atoms with E-state index >= 15 is 0 Å². The van der Waals surface area contributed by atoms with Crippen LogP contribution < -0.4 is 4.74 Å². The molecule has 2 aromatic carbocycles. The third kappa shape index (κ3) is 3.17. The Bertz CT molecular complexity index is 569. The summed E-state index contributed by atoms with van der Waals surface area (Å²) in [7, 11) is 0. The number of aldehydes is 1. The molecule has 0 bridgehead atoms. The minimum Gasteiger partial charge on any atom is -0.489 e. The Morgan fingerprint density at radius 1 is 1.22 bits per heavy atom. The van der Waals surface area contributed by atoms with Gasteiger partial charge in [0, 0.05) is 21.7 Å². The van der Waals surface area contributed by atoms with Gasteiger partial charge in [-0.1, -0.05) is 34.1 Å². The molecule has 92 valence electrons. The summed E-state index contributed by atoms with van der Waals surface area (Å²) in [6.45, 7) is 0.309. The summed E-state index contributed by atoms with van der Waals surface area (Å²) in [5.41, 5.74) is 1.21. The highest BCUT2D eigenvalue weighted by Crippen LogP contribution is 2.20. The molecular weight excluding hydrogens is 299 g/mol. The molecule has 4 heteroatoms. The predicted octanol–water partition coefficient (Wildman–Crippen LogP) is 3.98. The number of carbonyl (C=O) groups excluding carboxylic acids is 1. The lowest BCUT2D eigenvalue weighted by Crippen LogP contribution is -1.97. The van der Waals surface area contributed by atoms with E-state index in [1.165, 1.54) is 12.1 Å². The van der Waals surface area contributed by atoms with E-state index < -0.39 is 5.82 Å². The van der Waals surface area contributed by atoms with Gasteiger partial charge in [0.25, 0.3) is 0 Å². The van der Waals surface area contributed by atoms with Crippen LogP contribution in [0.4, 0.5) is 4.39 Å². The largest absolute Gasteiger partial charge is 0.489 e. The van der Waals surface area contributed by atoms with E-state index in [0.717, 1.165) is 16.1 Å². The van der Waals surface area contributed by atoms with Crippen LogP contribution in [0.3, 0.4) is 0 Å². The molecule has 0 unspecified atom stereocenters. The van der Waals surface area contributed by atoms with Crippen molar-refractivity contribution in [2.75, 3.05) is 0 Å². The fourth-order valence-corrected chi connectivity index (χ4v) is 1.91. The summed E-state index contributed by atoms with van der Waals surface area (Å²) in [6, 6.07) is 11.5. The monoisotopic (exact) mass is 308 g/mol. The molecule has 2 rings (SSSR count). The van der Waals surface area contributed by atoms with Crippen LogP contribution in [0.5, 0.6) is 5.75 Å². The summed E-state index contributed by atoms with van der Waals surface area (Å²) in [5, 5.41) is 0. The van der Waals surface area contributed by atoms with Crippen LogP contribution in [-0.2, 0) is 6.61 Å². The smallest absolute Gasteiger partial charge is 0.150 e. The summed E-state index contributed by atoms with van der Waals surface area (Å²) in [6.07, 6.45) is 0.592. The summed E-state index contributed by atoms with van der Waals surface area (Å²) < 4.78 is 19.6. The average Bonchev–Trinajstić information content (AvgIpc) is 2.37. The lowest BCUT2D eigenvalue weighted by molar-refractivity contribution is 0.112. The van der Waals surface area contributed by atoms with Gasteiger partial charge in [-0.3, -0.25) is 4.79 Å². The van der Waals surface area contributed by atoms with E-state index in [0.29, 0.717) is 18.6 Å². The Morgan fingerprint density at radius 2 is 2.00 bits per heavy atom. The topological polar surface area (TPSA) is 26.3 Å². The van der Waals surface area contributed by atoms with Gasteiger partial charge in [-0.15, -0.1) is 0 Å². The van der Waals surface area contributed by atoms with Crippen molar-refractivity contribution in [3.05, 3.63) is 63.9 Å². The molecule has 0 N–H and O–H groups in total. The van der Waals surface area contributed by atoms with Crippen molar-refractivity contribution in [2.24, 2.45) is 0 Å². The van der Waals surface area contributed by atoms with Crippen LogP contribution >= 0.6 is 15.9 Å². The van der Waals surface area contributed by atoms with Crippen LogP contribution in [-0.4, -0.2) is 6.29 Å².